The number of nitrogens with two attached hydrogens (primary N) is 1. The lowest BCUT2D eigenvalue weighted by Crippen LogP contribution is -2.11. The maximum Gasteiger partial charge on any atom is 0.337 e. The van der Waals surface area contributed by atoms with Crippen LogP contribution in [0.15, 0.2) is 53.3 Å². The van der Waals surface area contributed by atoms with Gasteiger partial charge in [0.05, 0.1) is 24.8 Å². The van der Waals surface area contributed by atoms with Crippen molar-refractivity contribution in [1.29, 1.82) is 0 Å². The minimum absolute atomic E-state index is 0.0898. The van der Waals surface area contributed by atoms with Crippen LogP contribution in [-0.4, -0.2) is 25.9 Å². The maximum absolute atomic E-state index is 11.6. The normalized spacial score (nSPS) is 12.3. The summed E-state index contributed by atoms with van der Waals surface area (Å²) < 4.78 is 9.87. The summed E-state index contributed by atoms with van der Waals surface area (Å²) in [5, 5.41) is 0.515. The topological polar surface area (TPSA) is 73.9 Å². The second-order valence-electron chi connectivity index (χ2n) is 4.97. The molecule has 0 heterocycles. The van der Waals surface area contributed by atoms with Crippen LogP contribution in [0.25, 0.3) is 0 Å². The fraction of sp³-hybridized carbons (Fsp3) is 0.222. The van der Waals surface area contributed by atoms with Gasteiger partial charge in [0.1, 0.15) is 11.6 Å². The van der Waals surface area contributed by atoms with Crippen LogP contribution in [0.2, 0.25) is 5.02 Å². The van der Waals surface area contributed by atoms with Crippen molar-refractivity contribution in [2.75, 3.05) is 14.2 Å². The second-order valence-corrected chi connectivity index (χ2v) is 5.38. The van der Waals surface area contributed by atoms with Crippen molar-refractivity contribution in [2.24, 2.45) is 10.7 Å². The molecule has 24 heavy (non-hydrogen) atoms. The van der Waals surface area contributed by atoms with E-state index in [1.165, 1.54) is 20.3 Å². The highest BCUT2D eigenvalue weighted by Crippen LogP contribution is 2.28. The first-order valence-corrected chi connectivity index (χ1v) is 7.44. The molecule has 0 aromatic heterocycles. The molecule has 1 aromatic carbocycles. The van der Waals surface area contributed by atoms with E-state index in [9.17, 15) is 4.79 Å². The minimum Gasteiger partial charge on any atom is -0.495 e. The third kappa shape index (κ3) is 4.26. The van der Waals surface area contributed by atoms with E-state index in [-0.39, 0.29) is 11.4 Å². The van der Waals surface area contributed by atoms with Crippen LogP contribution in [0.3, 0.4) is 0 Å². The molecule has 0 aliphatic carbocycles. The highest BCUT2D eigenvalue weighted by atomic mass is 35.5. The van der Waals surface area contributed by atoms with Crippen molar-refractivity contribution in [3.8, 4) is 5.75 Å². The van der Waals surface area contributed by atoms with Crippen LogP contribution in [0.4, 0.5) is 0 Å². The average Bonchev–Trinajstić information content (AvgIpc) is 2.54. The van der Waals surface area contributed by atoms with Crippen molar-refractivity contribution < 1.29 is 14.3 Å². The zero-order valence-electron chi connectivity index (χ0n) is 14.3. The molecule has 128 valence electrons. The predicted molar refractivity (Wildman–Crippen MR) is 97.5 cm³/mol. The van der Waals surface area contributed by atoms with Crippen molar-refractivity contribution >= 4 is 23.3 Å². The lowest BCUT2D eigenvalue weighted by atomic mass is 10.0. The first-order chi connectivity index (χ1) is 11.3. The molecule has 5 nitrogen and oxygen atoms in total. The number of esters is 1. The van der Waals surface area contributed by atoms with E-state index in [0.717, 1.165) is 11.1 Å². The molecule has 2 N–H and O–H groups in total. The van der Waals surface area contributed by atoms with Crippen LogP contribution in [0.5, 0.6) is 5.75 Å². The Morgan fingerprint density at radius 3 is 2.50 bits per heavy atom. The summed E-state index contributed by atoms with van der Waals surface area (Å²) in [5.41, 5.74) is 8.79. The van der Waals surface area contributed by atoms with Gasteiger partial charge in [0.25, 0.3) is 0 Å². The highest BCUT2D eigenvalue weighted by molar-refractivity contribution is 6.32. The molecule has 0 unspecified atom stereocenters. The van der Waals surface area contributed by atoms with Gasteiger partial charge in [-0.25, -0.2) is 9.79 Å². The Morgan fingerprint density at radius 1 is 1.38 bits per heavy atom. The Labute approximate surface area is 147 Å². The number of nitrogens with zero attached hydrogens (tertiary/aromatic N) is 1. The quantitative estimate of drug-likeness (QED) is 0.369. The number of carbonyl (C=O) groups excluding carboxylic acids is 1. The number of ether oxygens (including phenoxy) is 2. The lowest BCUT2D eigenvalue weighted by molar-refractivity contribution is -0.135. The second kappa shape index (κ2) is 8.36. The molecule has 0 amide bonds. The largest absolute Gasteiger partial charge is 0.495 e. The molecule has 1 rings (SSSR count). The van der Waals surface area contributed by atoms with E-state index in [1.807, 2.05) is 6.92 Å². The standard InChI is InChI=1S/C18H21ClN2O3/c1-7-13(11(3)18(22)24-6)17(20)21-12(4)14-9-16(23-5)15(19)8-10(14)2/h7-9H,1,3,20H2,2,4-6H3/b17-13-,21-12+. The number of carbonyl (C=O) groups is 1. The Kier molecular flexibility index (Phi) is 6.80. The van der Waals surface area contributed by atoms with E-state index in [0.29, 0.717) is 22.1 Å². The fourth-order valence-corrected chi connectivity index (χ4v) is 2.41. The summed E-state index contributed by atoms with van der Waals surface area (Å²) in [6.07, 6.45) is 1.42. The van der Waals surface area contributed by atoms with E-state index in [1.54, 1.807) is 19.1 Å². The molecule has 0 atom stereocenters. The summed E-state index contributed by atoms with van der Waals surface area (Å²) in [6.45, 7) is 11.0. The van der Waals surface area contributed by atoms with Gasteiger partial charge in [-0.05, 0) is 31.5 Å². The molecule has 0 aliphatic rings. The number of rotatable bonds is 6. The summed E-state index contributed by atoms with van der Waals surface area (Å²) >= 11 is 6.10. The summed E-state index contributed by atoms with van der Waals surface area (Å²) in [5.74, 6) is 0.0635. The van der Waals surface area contributed by atoms with Crippen LogP contribution in [-0.2, 0) is 9.53 Å². The van der Waals surface area contributed by atoms with Gasteiger partial charge in [-0.15, -0.1) is 0 Å². The number of halogens is 1. The number of hydrogen-bond acceptors (Lipinski definition) is 5. The number of allylic oxidation sites excluding steroid dienone is 1. The number of hydrogen-bond donors (Lipinski definition) is 1. The molecule has 0 aliphatic heterocycles. The molecule has 0 bridgehead atoms. The molecule has 1 aromatic rings. The van der Waals surface area contributed by atoms with E-state index in [2.05, 4.69) is 22.9 Å². The Bertz CT molecular complexity index is 749. The van der Waals surface area contributed by atoms with Gasteiger partial charge >= 0.3 is 5.97 Å². The molecule has 0 fully saturated rings. The smallest absolute Gasteiger partial charge is 0.337 e. The van der Waals surface area contributed by atoms with Crippen LogP contribution >= 0.6 is 11.6 Å². The molecule has 0 saturated carbocycles. The van der Waals surface area contributed by atoms with Crippen molar-refractivity contribution in [3.63, 3.8) is 0 Å². The Hall–Kier alpha value is -2.53. The minimum atomic E-state index is -0.593. The molecular weight excluding hydrogens is 328 g/mol. The first-order valence-electron chi connectivity index (χ1n) is 7.06. The summed E-state index contributed by atoms with van der Waals surface area (Å²) in [6, 6.07) is 3.57. The Morgan fingerprint density at radius 2 is 2.00 bits per heavy atom. The van der Waals surface area contributed by atoms with Gasteiger partial charge in [0.2, 0.25) is 0 Å². The first kappa shape index (κ1) is 19.5. The zero-order chi connectivity index (χ0) is 18.4. The third-order valence-corrected chi connectivity index (χ3v) is 3.71. The van der Waals surface area contributed by atoms with Crippen molar-refractivity contribution in [1.82, 2.24) is 0 Å². The summed E-state index contributed by atoms with van der Waals surface area (Å²) in [7, 11) is 2.81. The van der Waals surface area contributed by atoms with Gasteiger partial charge in [-0.2, -0.15) is 0 Å². The third-order valence-electron chi connectivity index (χ3n) is 3.41. The average molecular weight is 349 g/mol. The lowest BCUT2D eigenvalue weighted by Gasteiger charge is -2.11. The zero-order valence-corrected chi connectivity index (χ0v) is 15.0. The van der Waals surface area contributed by atoms with Crippen LogP contribution in [0, 0.1) is 6.92 Å². The van der Waals surface area contributed by atoms with Crippen molar-refractivity contribution in [3.05, 3.63) is 64.5 Å². The maximum atomic E-state index is 11.6. The monoisotopic (exact) mass is 348 g/mol. The highest BCUT2D eigenvalue weighted by Gasteiger charge is 2.14. The van der Waals surface area contributed by atoms with Crippen molar-refractivity contribution in [2.45, 2.75) is 13.8 Å². The molecule has 0 spiro atoms. The van der Waals surface area contributed by atoms with E-state index >= 15 is 0 Å². The van der Waals surface area contributed by atoms with Gasteiger partial charge in [-0.3, -0.25) is 0 Å². The molecule has 0 radical (unpaired) electrons. The molecule has 6 heteroatoms. The van der Waals surface area contributed by atoms with E-state index < -0.39 is 5.97 Å². The van der Waals surface area contributed by atoms with Gasteiger partial charge in [0.15, 0.2) is 0 Å². The molecular formula is C18H21ClN2O3. The van der Waals surface area contributed by atoms with Crippen LogP contribution in [0.1, 0.15) is 18.1 Å². The number of methoxy groups -OCH3 is 2. The van der Waals surface area contributed by atoms with Gasteiger partial charge in [-0.1, -0.05) is 30.8 Å². The summed E-state index contributed by atoms with van der Waals surface area (Å²) in [4.78, 5) is 16.0. The number of aliphatic imine (C=N–C) groups is 1. The van der Waals surface area contributed by atoms with E-state index in [4.69, 9.17) is 22.1 Å². The number of aryl methyl sites for hydroxylation is 1. The molecule has 0 saturated heterocycles. The van der Waals surface area contributed by atoms with Gasteiger partial charge in [0, 0.05) is 16.8 Å². The predicted octanol–water partition coefficient (Wildman–Crippen LogP) is 3.55. The van der Waals surface area contributed by atoms with Crippen LogP contribution < -0.4 is 10.5 Å². The SMILES string of the molecule is C=C/C(C(=C)C(=O)OC)=C(N)/N=C(\C)c1cc(OC)c(Cl)cc1C. The fourth-order valence-electron chi connectivity index (χ4n) is 2.12. The van der Waals surface area contributed by atoms with Gasteiger partial charge < -0.3 is 15.2 Å². The Balaban J connectivity index is 3.38. The number of benzene rings is 1.